The van der Waals surface area contributed by atoms with Gasteiger partial charge in [0.2, 0.25) is 0 Å². The number of likely N-dealkylation sites (tertiary alicyclic amines) is 1. The molecule has 184 valence electrons. The minimum atomic E-state index is -5.08. The molecule has 3 rings (SSSR count). The van der Waals surface area contributed by atoms with Crippen LogP contribution in [0.2, 0.25) is 0 Å². The summed E-state index contributed by atoms with van der Waals surface area (Å²) >= 11 is 0. The summed E-state index contributed by atoms with van der Waals surface area (Å²) in [5.41, 5.74) is -1.36. The molecule has 0 spiro atoms. The van der Waals surface area contributed by atoms with Gasteiger partial charge < -0.3 is 24.8 Å². The fourth-order valence-electron chi connectivity index (χ4n) is 4.04. The quantitative estimate of drug-likeness (QED) is 0.517. The Labute approximate surface area is 187 Å². The monoisotopic (exact) mass is 477 g/mol. The second-order valence-corrected chi connectivity index (χ2v) is 8.28. The fourth-order valence-corrected chi connectivity index (χ4v) is 4.04. The van der Waals surface area contributed by atoms with Crippen LogP contribution in [0.5, 0.6) is 11.5 Å². The lowest BCUT2D eigenvalue weighted by molar-refractivity contribution is -0.192. The second-order valence-electron chi connectivity index (χ2n) is 8.28. The molecule has 1 heterocycles. The van der Waals surface area contributed by atoms with E-state index < -0.39 is 34.9 Å². The molecule has 1 aliphatic carbocycles. The number of hydrogen-bond donors (Lipinski definition) is 3. The number of benzene rings is 1. The molecule has 2 fully saturated rings. The zero-order valence-corrected chi connectivity index (χ0v) is 18.3. The van der Waals surface area contributed by atoms with Crippen molar-refractivity contribution in [3.05, 3.63) is 23.8 Å². The lowest BCUT2D eigenvalue weighted by Crippen LogP contribution is -2.28. The number of rotatable bonds is 8. The fraction of sp³-hybridized carbons (Fsp3) is 0.571. The highest BCUT2D eigenvalue weighted by Crippen LogP contribution is 2.68. The maximum atomic E-state index is 11.6. The first kappa shape index (κ1) is 26.2. The molecule has 0 aromatic heterocycles. The van der Waals surface area contributed by atoms with Crippen molar-refractivity contribution in [3.8, 4) is 11.5 Å². The molecule has 1 saturated carbocycles. The molecule has 0 bridgehead atoms. The number of nitrogens with zero attached hydrogens (tertiary/aromatic N) is 1. The van der Waals surface area contributed by atoms with Crippen molar-refractivity contribution < 1.29 is 52.3 Å². The van der Waals surface area contributed by atoms with Gasteiger partial charge in [-0.1, -0.05) is 6.07 Å². The van der Waals surface area contributed by atoms with Gasteiger partial charge in [-0.05, 0) is 44.9 Å². The molecule has 1 aromatic carbocycles. The van der Waals surface area contributed by atoms with Crippen LogP contribution >= 0.6 is 0 Å². The first-order valence-electron chi connectivity index (χ1n) is 10.1. The molecule has 0 amide bonds. The Balaban J connectivity index is 0.000000479. The number of aliphatic carboxylic acids is 3. The molecule has 12 heteroatoms. The second kappa shape index (κ2) is 9.46. The number of halogens is 3. The molecule has 3 N–H and O–H groups in total. The topological polar surface area (TPSA) is 134 Å². The highest BCUT2D eigenvalue weighted by Gasteiger charge is 2.80. The van der Waals surface area contributed by atoms with E-state index in [4.69, 9.17) is 19.4 Å². The first-order chi connectivity index (χ1) is 15.2. The SMILES string of the molecule is CCOc1cc(CN2C[C@@]3(C(=O)O)C[C@@]3(C(=O)O)C2)ccc1OC(C)C.O=C(O)C(F)(F)F. The minimum Gasteiger partial charge on any atom is -0.490 e. The van der Waals surface area contributed by atoms with Crippen LogP contribution in [0.3, 0.4) is 0 Å². The molecule has 0 radical (unpaired) electrons. The predicted molar refractivity (Wildman–Crippen MR) is 107 cm³/mol. The number of carboxylic acid groups (broad SMARTS) is 3. The Morgan fingerprint density at radius 3 is 1.97 bits per heavy atom. The normalized spacial score (nSPS) is 23.8. The van der Waals surface area contributed by atoms with Crippen LogP contribution in [-0.4, -0.2) is 70.1 Å². The Morgan fingerprint density at radius 2 is 1.58 bits per heavy atom. The van der Waals surface area contributed by atoms with Crippen LogP contribution in [0.25, 0.3) is 0 Å². The van der Waals surface area contributed by atoms with E-state index in [9.17, 15) is 33.0 Å². The molecule has 2 atom stereocenters. The van der Waals surface area contributed by atoms with Crippen molar-refractivity contribution in [1.82, 2.24) is 4.90 Å². The van der Waals surface area contributed by atoms with Gasteiger partial charge in [0.1, 0.15) is 0 Å². The average molecular weight is 477 g/mol. The number of ether oxygens (including phenoxy) is 2. The number of piperidine rings is 1. The molecule has 1 aliphatic heterocycles. The average Bonchev–Trinajstić information content (AvgIpc) is 3.22. The standard InChI is InChI=1S/C19H25NO6.C2HF3O2/c1-4-25-15-7-13(5-6-14(15)26-12(2)3)8-20-10-18(16(21)22)9-19(18,11-20)17(23)24;3-2(4,5)1(6)7/h5-7,12H,4,8-11H2,1-3H3,(H,21,22)(H,23,24);(H,6,7)/t18-,19+;. The van der Waals surface area contributed by atoms with Crippen molar-refractivity contribution >= 4 is 17.9 Å². The number of carboxylic acids is 3. The minimum absolute atomic E-state index is 0.0246. The van der Waals surface area contributed by atoms with E-state index >= 15 is 0 Å². The molecule has 9 nitrogen and oxygen atoms in total. The van der Waals surface area contributed by atoms with Gasteiger partial charge >= 0.3 is 24.1 Å². The van der Waals surface area contributed by atoms with Crippen molar-refractivity contribution in [3.63, 3.8) is 0 Å². The summed E-state index contributed by atoms with van der Waals surface area (Å²) in [5, 5.41) is 26.2. The van der Waals surface area contributed by atoms with Crippen molar-refractivity contribution in [1.29, 1.82) is 0 Å². The van der Waals surface area contributed by atoms with Gasteiger partial charge in [-0.3, -0.25) is 14.5 Å². The summed E-state index contributed by atoms with van der Waals surface area (Å²) in [6.07, 6.45) is -4.84. The Morgan fingerprint density at radius 1 is 1.06 bits per heavy atom. The smallest absolute Gasteiger partial charge is 0.490 e. The predicted octanol–water partition coefficient (Wildman–Crippen LogP) is 2.87. The van der Waals surface area contributed by atoms with Crippen LogP contribution in [0, 0.1) is 10.8 Å². The zero-order chi connectivity index (χ0) is 25.2. The van der Waals surface area contributed by atoms with Gasteiger partial charge in [-0.2, -0.15) is 13.2 Å². The van der Waals surface area contributed by atoms with E-state index in [0.717, 1.165) is 5.56 Å². The van der Waals surface area contributed by atoms with Gasteiger partial charge in [0.25, 0.3) is 0 Å². The number of hydrogen-bond acceptors (Lipinski definition) is 6. The lowest BCUT2D eigenvalue weighted by Gasteiger charge is -2.21. The van der Waals surface area contributed by atoms with E-state index in [1.54, 1.807) is 0 Å². The van der Waals surface area contributed by atoms with E-state index in [2.05, 4.69) is 0 Å². The summed E-state index contributed by atoms with van der Waals surface area (Å²) in [5.74, 6) is -3.48. The molecular formula is C21H26F3NO8. The third kappa shape index (κ3) is 5.49. The van der Waals surface area contributed by atoms with Gasteiger partial charge in [0.05, 0.1) is 23.5 Å². The van der Waals surface area contributed by atoms with Gasteiger partial charge in [-0.15, -0.1) is 0 Å². The summed E-state index contributed by atoms with van der Waals surface area (Å²) in [7, 11) is 0. The summed E-state index contributed by atoms with van der Waals surface area (Å²) < 4.78 is 43.1. The summed E-state index contributed by atoms with van der Waals surface area (Å²) in [6.45, 7) is 7.27. The van der Waals surface area contributed by atoms with E-state index in [1.165, 1.54) is 0 Å². The van der Waals surface area contributed by atoms with Crippen LogP contribution in [0.4, 0.5) is 13.2 Å². The van der Waals surface area contributed by atoms with Gasteiger partial charge in [0, 0.05) is 19.6 Å². The van der Waals surface area contributed by atoms with Crippen LogP contribution in [0.15, 0.2) is 18.2 Å². The van der Waals surface area contributed by atoms with Crippen molar-refractivity contribution in [2.24, 2.45) is 10.8 Å². The lowest BCUT2D eigenvalue weighted by atomic mass is 9.97. The number of alkyl halides is 3. The van der Waals surface area contributed by atoms with Crippen LogP contribution in [-0.2, 0) is 20.9 Å². The summed E-state index contributed by atoms with van der Waals surface area (Å²) in [6, 6.07) is 5.63. The van der Waals surface area contributed by atoms with Crippen molar-refractivity contribution in [2.45, 2.75) is 46.0 Å². The summed E-state index contributed by atoms with van der Waals surface area (Å²) in [4.78, 5) is 34.1. The maximum absolute atomic E-state index is 11.6. The van der Waals surface area contributed by atoms with Crippen molar-refractivity contribution in [2.75, 3.05) is 19.7 Å². The first-order valence-corrected chi connectivity index (χ1v) is 10.1. The zero-order valence-electron chi connectivity index (χ0n) is 18.3. The Hall–Kier alpha value is -3.02. The van der Waals surface area contributed by atoms with E-state index in [0.29, 0.717) is 24.7 Å². The molecule has 2 aliphatic rings. The highest BCUT2D eigenvalue weighted by atomic mass is 19.4. The molecule has 33 heavy (non-hydrogen) atoms. The maximum Gasteiger partial charge on any atom is 0.490 e. The molecule has 1 saturated heterocycles. The van der Waals surface area contributed by atoms with Gasteiger partial charge in [-0.25, -0.2) is 4.79 Å². The van der Waals surface area contributed by atoms with E-state index in [1.807, 2.05) is 43.9 Å². The number of carbonyl (C=O) groups is 3. The molecule has 0 unspecified atom stereocenters. The molecule has 1 aromatic rings. The third-order valence-corrected chi connectivity index (χ3v) is 5.52. The number of fused-ring (bicyclic) bond motifs is 1. The highest BCUT2D eigenvalue weighted by molar-refractivity contribution is 5.94. The third-order valence-electron chi connectivity index (χ3n) is 5.52. The molecular weight excluding hydrogens is 451 g/mol. The Kier molecular flexibility index (Phi) is 7.52. The van der Waals surface area contributed by atoms with Gasteiger partial charge in [0.15, 0.2) is 11.5 Å². The Bertz CT molecular complexity index is 891. The van der Waals surface area contributed by atoms with Crippen LogP contribution in [0.1, 0.15) is 32.8 Å². The van der Waals surface area contributed by atoms with Crippen LogP contribution < -0.4 is 9.47 Å². The largest absolute Gasteiger partial charge is 0.490 e. The van der Waals surface area contributed by atoms with E-state index in [-0.39, 0.29) is 25.6 Å².